The van der Waals surface area contributed by atoms with Crippen molar-refractivity contribution in [3.63, 3.8) is 0 Å². The fraction of sp³-hybridized carbons (Fsp3) is 0.435. The maximum absolute atomic E-state index is 13.5. The van der Waals surface area contributed by atoms with Crippen molar-refractivity contribution in [3.05, 3.63) is 45.7 Å². The summed E-state index contributed by atoms with van der Waals surface area (Å²) in [5.41, 5.74) is 2.92. The normalized spacial score (nSPS) is 15.4. The number of carbonyl (C=O) groups excluding carboxylic acids is 1. The van der Waals surface area contributed by atoms with E-state index in [4.69, 9.17) is 19.4 Å². The van der Waals surface area contributed by atoms with Crippen LogP contribution in [0.15, 0.2) is 18.2 Å². The lowest BCUT2D eigenvalue weighted by Gasteiger charge is -2.25. The first-order chi connectivity index (χ1) is 14.6. The van der Waals surface area contributed by atoms with Crippen LogP contribution in [0.5, 0.6) is 11.5 Å². The molecule has 1 aromatic carbocycles. The minimum Gasteiger partial charge on any atom is -0.486 e. The van der Waals surface area contributed by atoms with Crippen LogP contribution in [0.3, 0.4) is 0 Å². The molecule has 1 saturated carbocycles. The number of hydrogen-bond donors (Lipinski definition) is 0. The lowest BCUT2D eigenvalue weighted by molar-refractivity contribution is 0.0753. The van der Waals surface area contributed by atoms with Gasteiger partial charge >= 0.3 is 0 Å². The molecule has 1 aliphatic heterocycles. The van der Waals surface area contributed by atoms with E-state index in [1.54, 1.807) is 0 Å². The van der Waals surface area contributed by atoms with E-state index in [-0.39, 0.29) is 5.91 Å². The summed E-state index contributed by atoms with van der Waals surface area (Å²) in [5, 5.41) is 1.03. The van der Waals surface area contributed by atoms with Gasteiger partial charge in [-0.1, -0.05) is 12.1 Å². The first-order valence-electron chi connectivity index (χ1n) is 10.5. The molecular formula is C23H25N3O3S. The van der Waals surface area contributed by atoms with E-state index in [1.807, 2.05) is 43.9 Å². The highest BCUT2D eigenvalue weighted by molar-refractivity contribution is 7.20. The zero-order valence-corrected chi connectivity index (χ0v) is 18.3. The van der Waals surface area contributed by atoms with Crippen molar-refractivity contribution in [2.75, 3.05) is 19.8 Å². The number of fused-ring (bicyclic) bond motifs is 2. The smallest absolute Gasteiger partial charge is 0.264 e. The van der Waals surface area contributed by atoms with E-state index in [0.717, 1.165) is 62.1 Å². The van der Waals surface area contributed by atoms with Gasteiger partial charge < -0.3 is 14.4 Å². The molecule has 5 rings (SSSR count). The molecule has 7 heteroatoms. The third-order valence-electron chi connectivity index (χ3n) is 5.80. The Bertz CT molecular complexity index is 1140. The molecule has 1 aliphatic carbocycles. The van der Waals surface area contributed by atoms with Crippen LogP contribution in [-0.4, -0.2) is 40.5 Å². The summed E-state index contributed by atoms with van der Waals surface area (Å²) in [7, 11) is 0. The first kappa shape index (κ1) is 19.3. The maximum Gasteiger partial charge on any atom is 0.264 e. The van der Waals surface area contributed by atoms with Crippen LogP contribution in [0, 0.1) is 13.8 Å². The van der Waals surface area contributed by atoms with Gasteiger partial charge in [-0.2, -0.15) is 0 Å². The molecule has 3 heterocycles. The first-order valence-corrected chi connectivity index (χ1v) is 11.3. The Balaban J connectivity index is 1.48. The van der Waals surface area contributed by atoms with E-state index in [9.17, 15) is 4.79 Å². The molecule has 1 amide bonds. The number of hydrogen-bond acceptors (Lipinski definition) is 6. The minimum absolute atomic E-state index is 0.0275. The summed E-state index contributed by atoms with van der Waals surface area (Å²) in [6, 6.07) is 5.86. The molecule has 0 saturated heterocycles. The average Bonchev–Trinajstić information content (AvgIpc) is 3.55. The molecule has 0 atom stereocenters. The summed E-state index contributed by atoms with van der Waals surface area (Å²) in [6.45, 7) is 8.20. The van der Waals surface area contributed by atoms with Gasteiger partial charge in [0.1, 0.15) is 23.9 Å². The van der Waals surface area contributed by atoms with Gasteiger partial charge in [-0.15, -0.1) is 11.3 Å². The van der Waals surface area contributed by atoms with Crippen LogP contribution in [-0.2, 0) is 6.54 Å². The Morgan fingerprint density at radius 3 is 2.77 bits per heavy atom. The van der Waals surface area contributed by atoms with E-state index in [1.165, 1.54) is 11.3 Å². The van der Waals surface area contributed by atoms with Gasteiger partial charge in [0.15, 0.2) is 11.5 Å². The SMILES string of the molecule is CCN(Cc1cccc2c1OCCO2)C(=O)c1sc2nc(C3CC3)nc(C)c2c1C. The van der Waals surface area contributed by atoms with Crippen molar-refractivity contribution in [1.29, 1.82) is 0 Å². The second kappa shape index (κ2) is 7.54. The molecule has 0 unspecified atom stereocenters. The molecule has 1 fully saturated rings. The van der Waals surface area contributed by atoms with Gasteiger partial charge in [0.25, 0.3) is 5.91 Å². The summed E-state index contributed by atoms with van der Waals surface area (Å²) in [4.78, 5) is 26.5. The van der Waals surface area contributed by atoms with Crippen molar-refractivity contribution < 1.29 is 14.3 Å². The number of amides is 1. The Morgan fingerprint density at radius 1 is 1.20 bits per heavy atom. The summed E-state index contributed by atoms with van der Waals surface area (Å²) in [6.07, 6.45) is 2.33. The predicted molar refractivity (Wildman–Crippen MR) is 117 cm³/mol. The van der Waals surface area contributed by atoms with E-state index >= 15 is 0 Å². The monoisotopic (exact) mass is 423 g/mol. The van der Waals surface area contributed by atoms with Crippen LogP contribution >= 0.6 is 11.3 Å². The van der Waals surface area contributed by atoms with Gasteiger partial charge in [-0.3, -0.25) is 4.79 Å². The molecule has 0 bridgehead atoms. The molecule has 0 N–H and O–H groups in total. The van der Waals surface area contributed by atoms with Crippen LogP contribution in [0.2, 0.25) is 0 Å². The molecule has 0 spiro atoms. The molecule has 2 aliphatic rings. The van der Waals surface area contributed by atoms with Crippen LogP contribution in [0.1, 0.15) is 58.0 Å². The van der Waals surface area contributed by atoms with Gasteiger partial charge in [0.05, 0.1) is 10.6 Å². The number of aryl methyl sites for hydroxylation is 2. The van der Waals surface area contributed by atoms with Gasteiger partial charge in [0, 0.05) is 30.0 Å². The van der Waals surface area contributed by atoms with Crippen molar-refractivity contribution >= 4 is 27.5 Å². The van der Waals surface area contributed by atoms with Crippen LogP contribution in [0.4, 0.5) is 0 Å². The second-order valence-electron chi connectivity index (χ2n) is 7.94. The van der Waals surface area contributed by atoms with Gasteiger partial charge in [0.2, 0.25) is 0 Å². The number of para-hydroxylation sites is 1. The molecule has 156 valence electrons. The van der Waals surface area contributed by atoms with Crippen LogP contribution in [0.25, 0.3) is 10.2 Å². The van der Waals surface area contributed by atoms with E-state index < -0.39 is 0 Å². The summed E-state index contributed by atoms with van der Waals surface area (Å²) < 4.78 is 11.5. The second-order valence-corrected chi connectivity index (χ2v) is 8.94. The lowest BCUT2D eigenvalue weighted by Crippen LogP contribution is -2.30. The molecule has 0 radical (unpaired) electrons. The van der Waals surface area contributed by atoms with Gasteiger partial charge in [-0.05, 0) is 45.2 Å². The van der Waals surface area contributed by atoms with Crippen molar-refractivity contribution in [2.45, 2.75) is 46.1 Å². The summed E-state index contributed by atoms with van der Waals surface area (Å²) >= 11 is 1.49. The minimum atomic E-state index is 0.0275. The molecular weight excluding hydrogens is 398 g/mol. The lowest BCUT2D eigenvalue weighted by atomic mass is 10.1. The predicted octanol–water partition coefficient (Wildman–Crippen LogP) is 4.62. The Kier molecular flexibility index (Phi) is 4.85. The fourth-order valence-electron chi connectivity index (χ4n) is 4.02. The van der Waals surface area contributed by atoms with Crippen molar-refractivity contribution in [3.8, 4) is 11.5 Å². The van der Waals surface area contributed by atoms with Crippen LogP contribution < -0.4 is 9.47 Å². The Hall–Kier alpha value is -2.67. The summed E-state index contributed by atoms with van der Waals surface area (Å²) in [5.74, 6) is 2.95. The largest absolute Gasteiger partial charge is 0.486 e. The average molecular weight is 424 g/mol. The quantitative estimate of drug-likeness (QED) is 0.599. The molecule has 30 heavy (non-hydrogen) atoms. The number of benzene rings is 1. The molecule has 3 aromatic rings. The molecule has 6 nitrogen and oxygen atoms in total. The highest BCUT2D eigenvalue weighted by atomic mass is 32.1. The zero-order chi connectivity index (χ0) is 20.8. The third-order valence-corrected chi connectivity index (χ3v) is 6.98. The van der Waals surface area contributed by atoms with Crippen molar-refractivity contribution in [2.24, 2.45) is 0 Å². The fourth-order valence-corrected chi connectivity index (χ4v) is 5.23. The molecule has 2 aromatic heterocycles. The highest BCUT2D eigenvalue weighted by Crippen LogP contribution is 2.41. The number of thiophene rings is 1. The maximum atomic E-state index is 13.5. The number of nitrogens with zero attached hydrogens (tertiary/aromatic N) is 3. The highest BCUT2D eigenvalue weighted by Gasteiger charge is 2.29. The van der Waals surface area contributed by atoms with E-state index in [0.29, 0.717) is 32.2 Å². The number of rotatable bonds is 5. The number of aromatic nitrogens is 2. The van der Waals surface area contributed by atoms with Gasteiger partial charge in [-0.25, -0.2) is 9.97 Å². The Morgan fingerprint density at radius 2 is 2.00 bits per heavy atom. The zero-order valence-electron chi connectivity index (χ0n) is 17.5. The number of ether oxygens (including phenoxy) is 2. The Labute approximate surface area is 179 Å². The number of carbonyl (C=O) groups is 1. The van der Waals surface area contributed by atoms with Crippen molar-refractivity contribution in [1.82, 2.24) is 14.9 Å². The van der Waals surface area contributed by atoms with E-state index in [2.05, 4.69) is 0 Å². The topological polar surface area (TPSA) is 64.6 Å². The third kappa shape index (κ3) is 3.31. The standard InChI is InChI=1S/C23H25N3O3S/c1-4-26(12-16-6-5-7-17-19(16)29-11-10-28-17)23(27)20-13(2)18-14(3)24-21(15-8-9-15)25-22(18)30-20/h5-7,15H,4,8-12H2,1-3H3.